The summed E-state index contributed by atoms with van der Waals surface area (Å²) in [5.41, 5.74) is 10.4. The van der Waals surface area contributed by atoms with Crippen LogP contribution in [0.15, 0.2) is 48.5 Å². The molecule has 0 saturated heterocycles. The minimum atomic E-state index is -1.96. The highest BCUT2D eigenvalue weighted by atomic mass is 16.5. The van der Waals surface area contributed by atoms with E-state index in [-0.39, 0.29) is 16.9 Å². The standard InChI is InChI=1S/C22H23N4O5/c1-13(2)22(20(23)29,14-8-10-15(31-3)11-9-14)26(21(24)30)17-7-5-4-6-16(17)25-18(27)12-19(26)28/h4-13H,1-3H3,(H4-,23,24,25,27,29,30)/p+1. The monoisotopic (exact) mass is 424 g/mol. The van der Waals surface area contributed by atoms with Crippen molar-refractivity contribution in [3.05, 3.63) is 60.5 Å². The lowest BCUT2D eigenvalue weighted by atomic mass is 9.74. The first-order valence-electron chi connectivity index (χ1n) is 9.57. The molecule has 0 bridgehead atoms. The van der Waals surface area contributed by atoms with Gasteiger partial charge in [-0.15, -0.1) is 4.48 Å². The van der Waals surface area contributed by atoms with E-state index in [1.54, 1.807) is 50.2 Å². The second-order valence-corrected chi connectivity index (χ2v) is 7.51. The van der Waals surface area contributed by atoms with E-state index in [0.29, 0.717) is 5.75 Å². The molecule has 9 heteroatoms. The molecular weight excluding hydrogens is 400 g/mol. The molecule has 0 aromatic heterocycles. The van der Waals surface area contributed by atoms with Crippen LogP contribution in [0.2, 0.25) is 0 Å². The van der Waals surface area contributed by atoms with Gasteiger partial charge in [0.1, 0.15) is 11.4 Å². The summed E-state index contributed by atoms with van der Waals surface area (Å²) < 4.78 is 3.89. The Balaban J connectivity index is 2.54. The molecule has 2 aromatic rings. The molecule has 1 aliphatic rings. The number of nitrogens with two attached hydrogens (primary N) is 2. The minimum absolute atomic E-state index is 0.0467. The Bertz CT molecular complexity index is 1070. The molecule has 1 heterocycles. The largest absolute Gasteiger partial charge is 0.497 e. The number of urea groups is 1. The molecule has 0 aliphatic carbocycles. The fourth-order valence-corrected chi connectivity index (χ4v) is 4.48. The third-order valence-corrected chi connectivity index (χ3v) is 5.71. The fourth-order valence-electron chi connectivity index (χ4n) is 4.48. The molecule has 5 amide bonds. The molecule has 9 nitrogen and oxygen atoms in total. The van der Waals surface area contributed by atoms with Crippen molar-refractivity contribution in [3.63, 3.8) is 0 Å². The SMILES string of the molecule is COc1ccc(C(C(N)=O)(C(C)C)[N+]2(C(N)=O)C(=O)[CH]C(=O)Nc3ccccc32)cc1. The molecule has 161 valence electrons. The van der Waals surface area contributed by atoms with E-state index in [1.165, 1.54) is 19.2 Å². The maximum Gasteiger partial charge on any atom is 0.427 e. The molecule has 0 spiro atoms. The highest BCUT2D eigenvalue weighted by Crippen LogP contribution is 2.50. The number of carbonyl (C=O) groups excluding carboxylic acids is 4. The first kappa shape index (κ1) is 22.0. The number of fused-ring (bicyclic) bond motifs is 1. The van der Waals surface area contributed by atoms with Crippen LogP contribution in [0.3, 0.4) is 0 Å². The molecule has 1 radical (unpaired) electrons. The molecule has 1 aliphatic heterocycles. The van der Waals surface area contributed by atoms with Gasteiger partial charge < -0.3 is 21.5 Å². The van der Waals surface area contributed by atoms with Gasteiger partial charge in [-0.3, -0.25) is 9.59 Å². The van der Waals surface area contributed by atoms with Crippen molar-refractivity contribution in [1.29, 1.82) is 0 Å². The maximum absolute atomic E-state index is 13.6. The van der Waals surface area contributed by atoms with E-state index in [4.69, 9.17) is 16.2 Å². The Hall–Kier alpha value is -3.72. The molecule has 2 aromatic carbocycles. The minimum Gasteiger partial charge on any atom is -0.497 e. The Morgan fingerprint density at radius 3 is 2.16 bits per heavy atom. The number of benzene rings is 2. The summed E-state index contributed by atoms with van der Waals surface area (Å²) in [4.78, 5) is 52.5. The summed E-state index contributed by atoms with van der Waals surface area (Å²) in [6.45, 7) is 3.32. The number of anilines is 1. The molecule has 3 rings (SSSR count). The number of amides is 5. The van der Waals surface area contributed by atoms with Crippen LogP contribution in [-0.2, 0) is 19.9 Å². The lowest BCUT2D eigenvalue weighted by Gasteiger charge is -2.47. The number of imide groups is 1. The van der Waals surface area contributed by atoms with Gasteiger partial charge in [0.05, 0.1) is 7.11 Å². The van der Waals surface area contributed by atoms with Crippen molar-refractivity contribution in [2.45, 2.75) is 19.4 Å². The lowest BCUT2D eigenvalue weighted by molar-refractivity contribution is -0.143. The lowest BCUT2D eigenvalue weighted by Crippen LogP contribution is -2.77. The van der Waals surface area contributed by atoms with Crippen molar-refractivity contribution < 1.29 is 23.9 Å². The summed E-state index contributed by atoms with van der Waals surface area (Å²) in [7, 11) is 1.48. The summed E-state index contributed by atoms with van der Waals surface area (Å²) in [5.74, 6) is -2.85. The van der Waals surface area contributed by atoms with E-state index in [2.05, 4.69) is 5.32 Å². The van der Waals surface area contributed by atoms with Crippen LogP contribution in [0.25, 0.3) is 0 Å². The number of nitrogens with one attached hydrogen (secondary N) is 1. The van der Waals surface area contributed by atoms with Crippen LogP contribution >= 0.6 is 0 Å². The van der Waals surface area contributed by atoms with Crippen LogP contribution < -0.4 is 26.0 Å². The smallest absolute Gasteiger partial charge is 0.427 e. The van der Waals surface area contributed by atoms with Gasteiger partial charge in [-0.25, -0.2) is 9.59 Å². The Kier molecular flexibility index (Phi) is 5.56. The van der Waals surface area contributed by atoms with E-state index in [9.17, 15) is 19.2 Å². The number of methoxy groups -OCH3 is 1. The summed E-state index contributed by atoms with van der Waals surface area (Å²) >= 11 is 0. The number of carbonyl (C=O) groups is 4. The number of primary amides is 2. The second-order valence-electron chi connectivity index (χ2n) is 7.51. The van der Waals surface area contributed by atoms with Crippen molar-refractivity contribution in [1.82, 2.24) is 4.48 Å². The number of nitrogens with zero attached hydrogens (tertiary/aromatic N) is 1. The first-order valence-corrected chi connectivity index (χ1v) is 9.57. The van der Waals surface area contributed by atoms with E-state index in [1.807, 2.05) is 0 Å². The summed E-state index contributed by atoms with van der Waals surface area (Å²) in [5, 5.41) is 2.57. The fraction of sp³-hybridized carbons (Fsp3) is 0.227. The van der Waals surface area contributed by atoms with E-state index < -0.39 is 39.7 Å². The maximum atomic E-state index is 13.6. The molecule has 0 saturated carbocycles. The Morgan fingerprint density at radius 1 is 1.03 bits per heavy atom. The number of para-hydroxylation sites is 2. The van der Waals surface area contributed by atoms with Gasteiger partial charge >= 0.3 is 11.9 Å². The number of hydrogen-bond acceptors (Lipinski definition) is 5. The third kappa shape index (κ3) is 2.97. The zero-order valence-corrected chi connectivity index (χ0v) is 17.4. The first-order chi connectivity index (χ1) is 14.6. The number of quaternary nitrogens is 1. The predicted octanol–water partition coefficient (Wildman–Crippen LogP) is 1.80. The average Bonchev–Trinajstić information content (AvgIpc) is 2.82. The predicted molar refractivity (Wildman–Crippen MR) is 114 cm³/mol. The van der Waals surface area contributed by atoms with Crippen LogP contribution in [0, 0.1) is 12.3 Å². The molecule has 2 unspecified atom stereocenters. The van der Waals surface area contributed by atoms with Gasteiger partial charge in [0.2, 0.25) is 11.4 Å². The highest BCUT2D eigenvalue weighted by molar-refractivity contribution is 6.28. The van der Waals surface area contributed by atoms with Gasteiger partial charge in [-0.1, -0.05) is 26.0 Å². The Morgan fingerprint density at radius 2 is 1.65 bits per heavy atom. The average molecular weight is 424 g/mol. The number of rotatable bonds is 5. The van der Waals surface area contributed by atoms with Crippen LogP contribution in [0.4, 0.5) is 16.2 Å². The van der Waals surface area contributed by atoms with Gasteiger partial charge in [0.25, 0.3) is 5.91 Å². The van der Waals surface area contributed by atoms with Crippen LogP contribution in [-0.4, -0.2) is 30.9 Å². The van der Waals surface area contributed by atoms with E-state index in [0.717, 1.165) is 6.42 Å². The molecule has 2 atom stereocenters. The molecule has 5 N–H and O–H groups in total. The van der Waals surface area contributed by atoms with Gasteiger partial charge in [0, 0.05) is 17.5 Å². The van der Waals surface area contributed by atoms with Crippen molar-refractivity contribution in [3.8, 4) is 5.75 Å². The molecule has 31 heavy (non-hydrogen) atoms. The second kappa shape index (κ2) is 7.84. The normalized spacial score (nSPS) is 20.3. The molecule has 0 fully saturated rings. The van der Waals surface area contributed by atoms with E-state index >= 15 is 0 Å². The quantitative estimate of drug-likeness (QED) is 0.628. The van der Waals surface area contributed by atoms with Gasteiger partial charge in [0.15, 0.2) is 12.1 Å². The zero-order chi connectivity index (χ0) is 23.0. The topological polar surface area (TPSA) is 142 Å². The zero-order valence-electron chi connectivity index (χ0n) is 17.4. The van der Waals surface area contributed by atoms with Crippen molar-refractivity contribution in [2.24, 2.45) is 17.4 Å². The summed E-state index contributed by atoms with van der Waals surface area (Å²) in [6.07, 6.45) is 0.731. The summed E-state index contributed by atoms with van der Waals surface area (Å²) in [6, 6.07) is 11.4. The van der Waals surface area contributed by atoms with Crippen LogP contribution in [0.5, 0.6) is 5.75 Å². The number of ether oxygens (including phenoxy) is 1. The highest BCUT2D eigenvalue weighted by Gasteiger charge is 2.69. The van der Waals surface area contributed by atoms with Crippen molar-refractivity contribution >= 4 is 35.1 Å². The Labute approximate surface area is 179 Å². The van der Waals surface area contributed by atoms with Crippen LogP contribution in [0.1, 0.15) is 19.4 Å². The van der Waals surface area contributed by atoms with Gasteiger partial charge in [-0.2, -0.15) is 0 Å². The molecular formula is C22H24N4O5+. The third-order valence-electron chi connectivity index (χ3n) is 5.71. The van der Waals surface area contributed by atoms with Crippen molar-refractivity contribution in [2.75, 3.05) is 12.4 Å². The number of hydrogen-bond donors (Lipinski definition) is 3. The van der Waals surface area contributed by atoms with Gasteiger partial charge in [-0.05, 0) is 30.3 Å².